The number of ketones is 2. The zero-order chi connectivity index (χ0) is 9.72. The maximum atomic E-state index is 10.8. The van der Waals surface area contributed by atoms with Gasteiger partial charge in [0, 0.05) is 0 Å². The minimum absolute atomic E-state index is 0.438. The lowest BCUT2D eigenvalue weighted by Crippen LogP contribution is -2.40. The zero-order valence-corrected chi connectivity index (χ0v) is 6.32. The number of nitrogens with two attached hydrogens (primary N) is 2. The highest BCUT2D eigenvalue weighted by Gasteiger charge is 2.22. The Balaban J connectivity index is 4.10. The van der Waals surface area contributed by atoms with Crippen LogP contribution in [0.3, 0.4) is 0 Å². The van der Waals surface area contributed by atoms with E-state index >= 15 is 0 Å². The molecule has 0 amide bonds. The first kappa shape index (κ1) is 10.7. The topological polar surface area (TPSA) is 123 Å². The van der Waals surface area contributed by atoms with Crippen molar-refractivity contribution in [3.05, 3.63) is 0 Å². The van der Waals surface area contributed by atoms with Crippen LogP contribution in [-0.2, 0) is 14.4 Å². The molecular formula is C6H10N2O4. The Morgan fingerprint density at radius 2 is 1.83 bits per heavy atom. The molecule has 0 fully saturated rings. The minimum atomic E-state index is -1.28. The summed E-state index contributed by atoms with van der Waals surface area (Å²) in [4.78, 5) is 31.4. The molecule has 1 atom stereocenters. The van der Waals surface area contributed by atoms with Crippen molar-refractivity contribution in [2.24, 2.45) is 11.5 Å². The molecule has 0 spiro atoms. The van der Waals surface area contributed by atoms with Crippen LogP contribution in [0, 0.1) is 0 Å². The molecule has 0 aromatic heterocycles. The Hall–Kier alpha value is -1.27. The molecule has 0 aliphatic rings. The Bertz CT molecular complexity index is 214. The highest BCUT2D eigenvalue weighted by atomic mass is 16.4. The van der Waals surface area contributed by atoms with Gasteiger partial charge < -0.3 is 16.6 Å². The summed E-state index contributed by atoms with van der Waals surface area (Å²) < 4.78 is 0. The van der Waals surface area contributed by atoms with E-state index in [9.17, 15) is 14.4 Å². The van der Waals surface area contributed by atoms with E-state index in [0.29, 0.717) is 0 Å². The number of carbonyl (C=O) groups is 3. The van der Waals surface area contributed by atoms with Crippen LogP contribution in [0.4, 0.5) is 0 Å². The summed E-state index contributed by atoms with van der Waals surface area (Å²) in [7, 11) is 0. The Morgan fingerprint density at radius 1 is 1.33 bits per heavy atom. The van der Waals surface area contributed by atoms with Crippen molar-refractivity contribution in [3.8, 4) is 0 Å². The van der Waals surface area contributed by atoms with Gasteiger partial charge in [-0.05, 0) is 0 Å². The van der Waals surface area contributed by atoms with Gasteiger partial charge in [0.2, 0.25) is 11.6 Å². The first-order chi connectivity index (χ1) is 5.49. The van der Waals surface area contributed by atoms with Crippen LogP contribution in [-0.4, -0.2) is 35.2 Å². The second kappa shape index (κ2) is 4.58. The van der Waals surface area contributed by atoms with E-state index in [2.05, 4.69) is 0 Å². The first-order valence-electron chi connectivity index (χ1n) is 3.23. The average Bonchev–Trinajstić information content (AvgIpc) is 2.00. The SMILES string of the molecule is NCC(=O)C(=O)[C@@H](N)CC(=O)O. The summed E-state index contributed by atoms with van der Waals surface area (Å²) in [6, 6.07) is -1.28. The van der Waals surface area contributed by atoms with Crippen LogP contribution in [0.25, 0.3) is 0 Å². The fourth-order valence-electron chi connectivity index (χ4n) is 0.588. The molecule has 0 aliphatic carbocycles. The lowest BCUT2D eigenvalue weighted by molar-refractivity contribution is -0.141. The van der Waals surface area contributed by atoms with E-state index in [1.807, 2.05) is 0 Å². The van der Waals surface area contributed by atoms with Crippen molar-refractivity contribution in [3.63, 3.8) is 0 Å². The Labute approximate surface area is 68.5 Å². The zero-order valence-electron chi connectivity index (χ0n) is 6.32. The summed E-state index contributed by atoms with van der Waals surface area (Å²) >= 11 is 0. The predicted molar refractivity (Wildman–Crippen MR) is 39.3 cm³/mol. The molecule has 0 aromatic rings. The number of carboxylic acids is 1. The number of carboxylic acid groups (broad SMARTS) is 1. The summed E-state index contributed by atoms with van der Waals surface area (Å²) in [6.45, 7) is -0.438. The van der Waals surface area contributed by atoms with Crippen LogP contribution in [0.2, 0.25) is 0 Å². The van der Waals surface area contributed by atoms with Crippen molar-refractivity contribution in [1.29, 1.82) is 0 Å². The normalized spacial score (nSPS) is 12.2. The van der Waals surface area contributed by atoms with Crippen LogP contribution in [0.5, 0.6) is 0 Å². The molecule has 0 heterocycles. The van der Waals surface area contributed by atoms with Crippen LogP contribution in [0.1, 0.15) is 6.42 Å². The average molecular weight is 174 g/mol. The predicted octanol–water partition coefficient (Wildman–Crippen LogP) is -2.11. The first-order valence-corrected chi connectivity index (χ1v) is 3.23. The molecule has 12 heavy (non-hydrogen) atoms. The molecule has 0 unspecified atom stereocenters. The van der Waals surface area contributed by atoms with E-state index < -0.39 is 36.5 Å². The second-order valence-electron chi connectivity index (χ2n) is 2.20. The molecule has 0 saturated carbocycles. The van der Waals surface area contributed by atoms with E-state index in [-0.39, 0.29) is 0 Å². The van der Waals surface area contributed by atoms with Gasteiger partial charge in [0.1, 0.15) is 0 Å². The maximum Gasteiger partial charge on any atom is 0.305 e. The smallest absolute Gasteiger partial charge is 0.305 e. The van der Waals surface area contributed by atoms with Crippen LogP contribution in [0.15, 0.2) is 0 Å². The third-order valence-electron chi connectivity index (χ3n) is 1.19. The Kier molecular flexibility index (Phi) is 4.09. The number of aliphatic carboxylic acids is 1. The van der Waals surface area contributed by atoms with Gasteiger partial charge >= 0.3 is 5.97 Å². The molecule has 0 radical (unpaired) electrons. The van der Waals surface area contributed by atoms with E-state index in [4.69, 9.17) is 16.6 Å². The molecule has 0 aromatic carbocycles. The van der Waals surface area contributed by atoms with E-state index in [0.717, 1.165) is 0 Å². The molecule has 6 nitrogen and oxygen atoms in total. The van der Waals surface area contributed by atoms with Gasteiger partial charge in [-0.3, -0.25) is 14.4 Å². The highest BCUT2D eigenvalue weighted by Crippen LogP contribution is 1.90. The van der Waals surface area contributed by atoms with E-state index in [1.54, 1.807) is 0 Å². The lowest BCUT2D eigenvalue weighted by Gasteiger charge is -2.04. The second-order valence-corrected chi connectivity index (χ2v) is 2.20. The van der Waals surface area contributed by atoms with Crippen molar-refractivity contribution < 1.29 is 19.5 Å². The monoisotopic (exact) mass is 174 g/mol. The molecule has 0 rings (SSSR count). The largest absolute Gasteiger partial charge is 0.481 e. The summed E-state index contributed by atoms with van der Waals surface area (Å²) in [5.41, 5.74) is 9.96. The summed E-state index contributed by atoms with van der Waals surface area (Å²) in [5, 5.41) is 8.21. The fraction of sp³-hybridized carbons (Fsp3) is 0.500. The highest BCUT2D eigenvalue weighted by molar-refractivity contribution is 6.40. The summed E-state index contributed by atoms with van der Waals surface area (Å²) in [5.74, 6) is -3.00. The number of hydrogen-bond acceptors (Lipinski definition) is 5. The van der Waals surface area contributed by atoms with Gasteiger partial charge in [-0.1, -0.05) is 0 Å². The number of Topliss-reactive ketones (excluding diaryl/α,β-unsaturated/α-hetero) is 2. The van der Waals surface area contributed by atoms with Gasteiger partial charge in [0.25, 0.3) is 0 Å². The Morgan fingerprint density at radius 3 is 2.17 bits per heavy atom. The van der Waals surface area contributed by atoms with Crippen molar-refractivity contribution in [1.82, 2.24) is 0 Å². The van der Waals surface area contributed by atoms with Gasteiger partial charge in [0.15, 0.2) is 0 Å². The molecule has 0 aliphatic heterocycles. The van der Waals surface area contributed by atoms with Crippen LogP contribution >= 0.6 is 0 Å². The molecule has 68 valence electrons. The maximum absolute atomic E-state index is 10.8. The van der Waals surface area contributed by atoms with Gasteiger partial charge in [-0.2, -0.15) is 0 Å². The number of rotatable bonds is 5. The van der Waals surface area contributed by atoms with Gasteiger partial charge in [0.05, 0.1) is 19.0 Å². The number of carbonyl (C=O) groups excluding carboxylic acids is 2. The van der Waals surface area contributed by atoms with Crippen molar-refractivity contribution in [2.75, 3.05) is 6.54 Å². The molecular weight excluding hydrogens is 164 g/mol. The quantitative estimate of drug-likeness (QED) is 0.409. The fourth-order valence-corrected chi connectivity index (χ4v) is 0.588. The lowest BCUT2D eigenvalue weighted by atomic mass is 10.1. The van der Waals surface area contributed by atoms with Crippen LogP contribution < -0.4 is 11.5 Å². The molecule has 0 bridgehead atoms. The standard InChI is InChI=1S/C6H10N2O4/c7-2-4(9)6(12)3(8)1-5(10)11/h3H,1-2,7-8H2,(H,10,11)/t3-/m0/s1. The third-order valence-corrected chi connectivity index (χ3v) is 1.19. The third kappa shape index (κ3) is 3.22. The van der Waals surface area contributed by atoms with Crippen molar-refractivity contribution >= 4 is 17.5 Å². The van der Waals surface area contributed by atoms with Crippen molar-refractivity contribution in [2.45, 2.75) is 12.5 Å². The number of hydrogen-bond donors (Lipinski definition) is 3. The minimum Gasteiger partial charge on any atom is -0.481 e. The van der Waals surface area contributed by atoms with Gasteiger partial charge in [-0.15, -0.1) is 0 Å². The van der Waals surface area contributed by atoms with E-state index in [1.165, 1.54) is 0 Å². The molecule has 0 saturated heterocycles. The molecule has 5 N–H and O–H groups in total. The van der Waals surface area contributed by atoms with Gasteiger partial charge in [-0.25, -0.2) is 0 Å². The summed E-state index contributed by atoms with van der Waals surface area (Å²) in [6.07, 6.45) is -0.551. The molecule has 6 heteroatoms.